The predicted molar refractivity (Wildman–Crippen MR) is 116 cm³/mol. The van der Waals surface area contributed by atoms with Gasteiger partial charge in [-0.15, -0.1) is 0 Å². The van der Waals surface area contributed by atoms with Crippen LogP contribution in [0.3, 0.4) is 0 Å². The van der Waals surface area contributed by atoms with Gasteiger partial charge in [0.15, 0.2) is 23.1 Å². The lowest BCUT2D eigenvalue weighted by molar-refractivity contribution is 0.355. The van der Waals surface area contributed by atoms with E-state index in [1.54, 1.807) is 44.7 Å². The second-order valence-electron chi connectivity index (χ2n) is 6.38. The third kappa shape index (κ3) is 3.91. The fraction of sp³-hybridized carbons (Fsp3) is 0.0870. The van der Waals surface area contributed by atoms with E-state index in [9.17, 15) is 4.39 Å². The van der Waals surface area contributed by atoms with Gasteiger partial charge in [0.1, 0.15) is 5.82 Å². The van der Waals surface area contributed by atoms with Crippen LogP contribution in [0.4, 0.5) is 10.2 Å². The van der Waals surface area contributed by atoms with Crippen molar-refractivity contribution in [2.45, 2.75) is 0 Å². The van der Waals surface area contributed by atoms with Gasteiger partial charge in [0.05, 0.1) is 31.5 Å². The molecule has 0 bridgehead atoms. The Labute approximate surface area is 173 Å². The number of rotatable bonds is 6. The largest absolute Gasteiger partial charge is 0.493 e. The molecule has 1 aromatic heterocycles. The molecule has 1 N–H and O–H groups in total. The summed E-state index contributed by atoms with van der Waals surface area (Å²) in [6.45, 7) is 0. The maximum absolute atomic E-state index is 14.3. The van der Waals surface area contributed by atoms with Crippen molar-refractivity contribution in [1.29, 1.82) is 0 Å². The van der Waals surface area contributed by atoms with Gasteiger partial charge >= 0.3 is 0 Å². The number of benzene rings is 3. The highest BCUT2D eigenvalue weighted by Crippen LogP contribution is 2.28. The molecule has 0 fully saturated rings. The van der Waals surface area contributed by atoms with Crippen molar-refractivity contribution in [3.8, 4) is 22.9 Å². The standard InChI is InChI=1S/C23H19FN4O2/c1-29-20-12-11-15(13-21(20)30-2)14-25-28-23-17-8-4-6-10-19(17)26-22(27-23)16-7-3-5-9-18(16)24/h3-14H,1-2H3,(H,26,27,28)/b25-14+. The van der Waals surface area contributed by atoms with Crippen LogP contribution in [-0.4, -0.2) is 30.4 Å². The third-order valence-electron chi connectivity index (χ3n) is 4.51. The summed E-state index contributed by atoms with van der Waals surface area (Å²) < 4.78 is 24.8. The Morgan fingerprint density at radius 3 is 2.47 bits per heavy atom. The Morgan fingerprint density at radius 1 is 0.900 bits per heavy atom. The van der Waals surface area contributed by atoms with Crippen LogP contribution < -0.4 is 14.9 Å². The van der Waals surface area contributed by atoms with Crippen LogP contribution in [0.25, 0.3) is 22.3 Å². The van der Waals surface area contributed by atoms with Crippen molar-refractivity contribution in [3.63, 3.8) is 0 Å². The van der Waals surface area contributed by atoms with Gasteiger partial charge in [-0.3, -0.25) is 5.43 Å². The number of halogens is 1. The Bertz CT molecular complexity index is 1230. The topological polar surface area (TPSA) is 68.6 Å². The van der Waals surface area contributed by atoms with Gasteiger partial charge in [-0.2, -0.15) is 5.10 Å². The number of nitrogens with one attached hydrogen (secondary N) is 1. The fourth-order valence-electron chi connectivity index (χ4n) is 3.03. The number of aromatic nitrogens is 2. The molecule has 4 aromatic rings. The van der Waals surface area contributed by atoms with E-state index in [4.69, 9.17) is 9.47 Å². The highest BCUT2D eigenvalue weighted by molar-refractivity contribution is 5.91. The van der Waals surface area contributed by atoms with Crippen LogP contribution in [0.5, 0.6) is 11.5 Å². The lowest BCUT2D eigenvalue weighted by atomic mass is 10.1. The number of anilines is 1. The first kappa shape index (κ1) is 19.3. The normalized spacial score (nSPS) is 11.0. The molecule has 0 saturated heterocycles. The van der Waals surface area contributed by atoms with Crippen LogP contribution >= 0.6 is 0 Å². The average molecular weight is 402 g/mol. The molecule has 0 aliphatic rings. The van der Waals surface area contributed by atoms with E-state index in [1.165, 1.54) is 6.07 Å². The number of para-hydroxylation sites is 1. The summed E-state index contributed by atoms with van der Waals surface area (Å²) in [5.74, 6) is 1.63. The second-order valence-corrected chi connectivity index (χ2v) is 6.38. The van der Waals surface area contributed by atoms with Crippen molar-refractivity contribution in [2.24, 2.45) is 5.10 Å². The van der Waals surface area contributed by atoms with Gasteiger partial charge in [0, 0.05) is 5.39 Å². The zero-order valence-corrected chi connectivity index (χ0v) is 16.5. The van der Waals surface area contributed by atoms with E-state index >= 15 is 0 Å². The van der Waals surface area contributed by atoms with Gasteiger partial charge in [-0.05, 0) is 48.0 Å². The molecule has 30 heavy (non-hydrogen) atoms. The molecule has 150 valence electrons. The van der Waals surface area contributed by atoms with E-state index in [-0.39, 0.29) is 11.6 Å². The molecule has 0 unspecified atom stereocenters. The first-order valence-electron chi connectivity index (χ1n) is 9.22. The number of methoxy groups -OCH3 is 2. The number of fused-ring (bicyclic) bond motifs is 1. The molecule has 4 rings (SSSR count). The summed E-state index contributed by atoms with van der Waals surface area (Å²) in [4.78, 5) is 9.01. The van der Waals surface area contributed by atoms with Crippen molar-refractivity contribution in [3.05, 3.63) is 78.1 Å². The van der Waals surface area contributed by atoms with E-state index in [0.717, 1.165) is 10.9 Å². The Morgan fingerprint density at radius 2 is 1.67 bits per heavy atom. The first-order valence-corrected chi connectivity index (χ1v) is 9.22. The number of nitrogens with zero attached hydrogens (tertiary/aromatic N) is 3. The minimum atomic E-state index is -0.382. The predicted octanol–water partition coefficient (Wildman–Crippen LogP) is 4.90. The number of hydrogen-bond donors (Lipinski definition) is 1. The van der Waals surface area contributed by atoms with Crippen molar-refractivity contribution in [1.82, 2.24) is 9.97 Å². The molecule has 0 radical (unpaired) electrons. The molecule has 0 atom stereocenters. The summed E-state index contributed by atoms with van der Waals surface area (Å²) in [7, 11) is 3.16. The molecular weight excluding hydrogens is 383 g/mol. The van der Waals surface area contributed by atoms with Gasteiger partial charge in [-0.1, -0.05) is 24.3 Å². The SMILES string of the molecule is COc1ccc(/C=N/Nc2nc(-c3ccccc3F)nc3ccccc23)cc1OC. The van der Waals surface area contributed by atoms with E-state index in [2.05, 4.69) is 20.5 Å². The van der Waals surface area contributed by atoms with Crippen molar-refractivity contribution < 1.29 is 13.9 Å². The van der Waals surface area contributed by atoms with Crippen LogP contribution in [-0.2, 0) is 0 Å². The number of hydrazone groups is 1. The van der Waals surface area contributed by atoms with Crippen LogP contribution in [0.2, 0.25) is 0 Å². The maximum atomic E-state index is 14.3. The summed E-state index contributed by atoms with van der Waals surface area (Å²) in [5.41, 5.74) is 4.79. The summed E-state index contributed by atoms with van der Waals surface area (Å²) in [6, 6.07) is 19.4. The summed E-state index contributed by atoms with van der Waals surface area (Å²) in [5, 5.41) is 5.07. The monoisotopic (exact) mass is 402 g/mol. The van der Waals surface area contributed by atoms with Gasteiger partial charge in [0.2, 0.25) is 0 Å². The summed E-state index contributed by atoms with van der Waals surface area (Å²) in [6.07, 6.45) is 1.64. The number of ether oxygens (including phenoxy) is 2. The molecule has 0 spiro atoms. The average Bonchev–Trinajstić information content (AvgIpc) is 2.79. The Hall–Kier alpha value is -4.00. The van der Waals surface area contributed by atoms with Crippen molar-refractivity contribution >= 4 is 22.9 Å². The third-order valence-corrected chi connectivity index (χ3v) is 4.51. The lowest BCUT2D eigenvalue weighted by Gasteiger charge is -2.09. The zero-order valence-electron chi connectivity index (χ0n) is 16.5. The van der Waals surface area contributed by atoms with Crippen LogP contribution in [0.15, 0.2) is 71.8 Å². The highest BCUT2D eigenvalue weighted by Gasteiger charge is 2.12. The molecule has 0 aliphatic carbocycles. The lowest BCUT2D eigenvalue weighted by Crippen LogP contribution is -2.00. The van der Waals surface area contributed by atoms with E-state index in [0.29, 0.717) is 28.4 Å². The molecule has 1 heterocycles. The Kier molecular flexibility index (Phi) is 5.52. The fourth-order valence-corrected chi connectivity index (χ4v) is 3.03. The molecule has 3 aromatic carbocycles. The van der Waals surface area contributed by atoms with E-state index < -0.39 is 0 Å². The maximum Gasteiger partial charge on any atom is 0.165 e. The van der Waals surface area contributed by atoms with Gasteiger partial charge < -0.3 is 9.47 Å². The molecule has 0 amide bonds. The molecule has 6 nitrogen and oxygen atoms in total. The van der Waals surface area contributed by atoms with Crippen LogP contribution in [0, 0.1) is 5.82 Å². The highest BCUT2D eigenvalue weighted by atomic mass is 19.1. The molecular formula is C23H19FN4O2. The van der Waals surface area contributed by atoms with Crippen molar-refractivity contribution in [2.75, 3.05) is 19.6 Å². The molecule has 0 aliphatic heterocycles. The zero-order chi connectivity index (χ0) is 20.9. The van der Waals surface area contributed by atoms with Gasteiger partial charge in [-0.25, -0.2) is 14.4 Å². The minimum absolute atomic E-state index is 0.288. The van der Waals surface area contributed by atoms with Gasteiger partial charge in [0.25, 0.3) is 0 Å². The molecule has 7 heteroatoms. The quantitative estimate of drug-likeness (QED) is 0.367. The van der Waals surface area contributed by atoms with Crippen LogP contribution in [0.1, 0.15) is 5.56 Å². The minimum Gasteiger partial charge on any atom is -0.493 e. The van der Waals surface area contributed by atoms with E-state index in [1.807, 2.05) is 36.4 Å². The first-order chi connectivity index (χ1) is 14.7. The Balaban J connectivity index is 1.68. The smallest absolute Gasteiger partial charge is 0.165 e. The second kappa shape index (κ2) is 8.57. The molecule has 0 saturated carbocycles. The summed E-state index contributed by atoms with van der Waals surface area (Å²) >= 11 is 0. The number of hydrogen-bond acceptors (Lipinski definition) is 6.